The van der Waals surface area contributed by atoms with Gasteiger partial charge in [-0.1, -0.05) is 46.0 Å². The Kier molecular flexibility index (Phi) is 36.6. The molecule has 130 valence electrons. The van der Waals surface area contributed by atoms with Crippen LogP contribution in [0, 0.1) is 32.9 Å². The number of allylic oxidation sites excluding steroid dienone is 8. The van der Waals surface area contributed by atoms with E-state index < -0.39 is 0 Å². The molecule has 22 heavy (non-hydrogen) atoms. The molecule has 0 radical (unpaired) electrons. The van der Waals surface area contributed by atoms with Gasteiger partial charge in [-0.25, -0.2) is 17.7 Å². The second-order valence-electron chi connectivity index (χ2n) is 4.04. The van der Waals surface area contributed by atoms with Gasteiger partial charge in [0.25, 0.3) is 0 Å². The van der Waals surface area contributed by atoms with E-state index in [-0.39, 0.29) is 39.7 Å². The molecule has 0 aliphatic heterocycles. The zero-order chi connectivity index (χ0) is 13.8. The molecule has 2 aliphatic carbocycles. The summed E-state index contributed by atoms with van der Waals surface area (Å²) in [6.07, 6.45) is 19.4. The van der Waals surface area contributed by atoms with E-state index in [1.54, 1.807) is 0 Å². The first-order valence-electron chi connectivity index (χ1n) is 6.72. The molecule has 0 aromatic carbocycles. The normalized spacial score (nSPS) is 15.8. The molecule has 1 unspecified atom stereocenters. The summed E-state index contributed by atoms with van der Waals surface area (Å²) in [5, 5.41) is 0. The van der Waals surface area contributed by atoms with Crippen LogP contribution in [-0.4, -0.2) is 7.63 Å². The summed E-state index contributed by atoms with van der Waals surface area (Å²) in [6, 6.07) is 0. The van der Waals surface area contributed by atoms with Gasteiger partial charge in [0.2, 0.25) is 0 Å². The maximum atomic E-state index is 3.52. The Labute approximate surface area is 165 Å². The van der Waals surface area contributed by atoms with Crippen molar-refractivity contribution in [2.24, 2.45) is 5.92 Å². The molecule has 0 aromatic rings. The number of halogens is 2. The average molecular weight is 395 g/mol. The van der Waals surface area contributed by atoms with Crippen molar-refractivity contribution >= 4 is 32.4 Å². The third-order valence-corrected chi connectivity index (χ3v) is 2.91. The summed E-state index contributed by atoms with van der Waals surface area (Å²) in [7, 11) is 1.86. The van der Waals surface area contributed by atoms with Crippen LogP contribution in [0.25, 0.3) is 0 Å². The fourth-order valence-corrected chi connectivity index (χ4v) is 1.92. The Morgan fingerprint density at radius 3 is 1.95 bits per heavy atom. The van der Waals surface area contributed by atoms with Crippen LogP contribution >= 0.6 is 24.8 Å². The van der Waals surface area contributed by atoms with E-state index in [0.29, 0.717) is 5.92 Å². The molecule has 0 spiro atoms. The molecule has 0 N–H and O–H groups in total. The molecule has 0 fully saturated rings. The van der Waals surface area contributed by atoms with Gasteiger partial charge >= 0.3 is 26.8 Å². The fraction of sp³-hybridized carbons (Fsp3) is 0.444. The van der Waals surface area contributed by atoms with Gasteiger partial charge in [0.05, 0.1) is 0 Å². The predicted molar refractivity (Wildman–Crippen MR) is 107 cm³/mol. The predicted octanol–water partition coefficient (Wildman–Crippen LogP) is 5.63. The van der Waals surface area contributed by atoms with Gasteiger partial charge in [-0.2, -0.15) is 17.7 Å². The Morgan fingerprint density at radius 1 is 1.14 bits per heavy atom. The second kappa shape index (κ2) is 23.7. The minimum atomic E-state index is 0. The van der Waals surface area contributed by atoms with Crippen molar-refractivity contribution in [2.75, 3.05) is 0 Å². The van der Waals surface area contributed by atoms with Gasteiger partial charge < -0.3 is 14.9 Å². The first kappa shape index (κ1) is 33.9. The monoisotopic (exact) mass is 394 g/mol. The molecule has 0 heterocycles. The zero-order valence-electron chi connectivity index (χ0n) is 14.7. The van der Waals surface area contributed by atoms with Crippen LogP contribution in [0.5, 0.6) is 0 Å². The Hall–Kier alpha value is 0.471. The molecule has 0 saturated carbocycles. The molecule has 1 atom stereocenters. The third kappa shape index (κ3) is 14.1. The first-order chi connectivity index (χ1) is 8.81. The van der Waals surface area contributed by atoms with Crippen LogP contribution in [-0.2, 0) is 19.2 Å². The van der Waals surface area contributed by atoms with Crippen molar-refractivity contribution in [3.05, 3.63) is 62.5 Å². The number of hydrogen-bond acceptors (Lipinski definition) is 0. The van der Waals surface area contributed by atoms with Crippen LogP contribution in [0.15, 0.2) is 35.5 Å². The van der Waals surface area contributed by atoms with E-state index >= 15 is 0 Å². The number of hydrogen-bond donors (Lipinski definition) is 0. The SMILES string of the molecule is CCC1=[C-]C(CC)C=C1CC.Cl.Cl.[C-]1=CC=CC1.[CH3-].[CH3-].[SiH2]=[Ti]. The van der Waals surface area contributed by atoms with Gasteiger partial charge in [0.1, 0.15) is 0 Å². The summed E-state index contributed by atoms with van der Waals surface area (Å²) >= 11 is 2.03. The Morgan fingerprint density at radius 2 is 1.73 bits per heavy atom. The molecule has 0 aromatic heterocycles. The topological polar surface area (TPSA) is 0 Å². The van der Waals surface area contributed by atoms with Crippen molar-refractivity contribution in [3.8, 4) is 0 Å². The molecule has 4 heteroatoms. The van der Waals surface area contributed by atoms with Crippen molar-refractivity contribution < 1.29 is 19.2 Å². The van der Waals surface area contributed by atoms with Crippen LogP contribution in [0.1, 0.15) is 46.5 Å². The van der Waals surface area contributed by atoms with Crippen LogP contribution in [0.2, 0.25) is 0 Å². The van der Waals surface area contributed by atoms with Crippen molar-refractivity contribution in [1.29, 1.82) is 0 Å². The molecule has 0 bridgehead atoms. The van der Waals surface area contributed by atoms with Gasteiger partial charge in [-0.05, 0) is 0 Å². The summed E-state index contributed by atoms with van der Waals surface area (Å²) in [5.74, 6) is 0.611. The fourth-order valence-electron chi connectivity index (χ4n) is 1.92. The van der Waals surface area contributed by atoms with E-state index in [9.17, 15) is 0 Å². The molecule has 0 nitrogen and oxygen atoms in total. The average Bonchev–Trinajstić information content (AvgIpc) is 3.12. The Bertz CT molecular complexity index is 317. The second-order valence-corrected chi connectivity index (χ2v) is 4.04. The van der Waals surface area contributed by atoms with Crippen molar-refractivity contribution in [2.45, 2.75) is 46.5 Å². The summed E-state index contributed by atoms with van der Waals surface area (Å²) in [6.45, 7) is 6.66. The standard InChI is InChI=1S/C11H17.C5H5.2CH3.2ClH.H2Si.Ti/c1-4-9-7-10(5-2)11(6-3)8-9;1-2-4-5-3-1;;;;;;/h7,9H,4-6H2,1-3H3;1-3H,4H2;2*1H3;2*1H;1H2;/q4*-1;;;;. The Balaban J connectivity index is -0.0000000762. The van der Waals surface area contributed by atoms with Gasteiger partial charge in [-0.3, -0.25) is 12.2 Å². The van der Waals surface area contributed by atoms with E-state index in [0.717, 1.165) is 12.8 Å². The van der Waals surface area contributed by atoms with Gasteiger partial charge in [-0.15, -0.1) is 31.2 Å². The molecular formula is C18H32Cl2SiTi-4. The van der Waals surface area contributed by atoms with E-state index in [1.165, 1.54) is 24.0 Å². The maximum absolute atomic E-state index is 3.52. The van der Waals surface area contributed by atoms with E-state index in [1.807, 2.05) is 39.0 Å². The third-order valence-electron chi connectivity index (χ3n) is 2.91. The van der Waals surface area contributed by atoms with Gasteiger partial charge in [0, 0.05) is 0 Å². The van der Waals surface area contributed by atoms with E-state index in [4.69, 9.17) is 0 Å². The van der Waals surface area contributed by atoms with Crippen LogP contribution in [0.3, 0.4) is 0 Å². The van der Waals surface area contributed by atoms with Gasteiger partial charge in [0.15, 0.2) is 0 Å². The summed E-state index contributed by atoms with van der Waals surface area (Å²) in [4.78, 5) is 0. The van der Waals surface area contributed by atoms with E-state index in [2.05, 4.69) is 45.1 Å². The molecule has 0 amide bonds. The van der Waals surface area contributed by atoms with Crippen LogP contribution < -0.4 is 0 Å². The first-order valence-corrected chi connectivity index (χ1v) is 10.7. The summed E-state index contributed by atoms with van der Waals surface area (Å²) < 4.78 is 0. The quantitative estimate of drug-likeness (QED) is 0.429. The van der Waals surface area contributed by atoms with Crippen molar-refractivity contribution in [3.63, 3.8) is 0 Å². The molecule has 2 rings (SSSR count). The minimum absolute atomic E-state index is 0. The number of rotatable bonds is 3. The summed E-state index contributed by atoms with van der Waals surface area (Å²) in [5.41, 5.74) is 2.98. The van der Waals surface area contributed by atoms with Crippen LogP contribution in [0.4, 0.5) is 0 Å². The zero-order valence-corrected chi connectivity index (χ0v) is 19.3. The molecular weight excluding hydrogens is 363 g/mol. The molecule has 0 saturated heterocycles. The van der Waals surface area contributed by atoms with Crippen molar-refractivity contribution in [1.82, 2.24) is 0 Å². The molecule has 2 aliphatic rings.